The summed E-state index contributed by atoms with van der Waals surface area (Å²) >= 11 is 0. The summed E-state index contributed by atoms with van der Waals surface area (Å²) in [6, 6.07) is 7.54. The van der Waals surface area contributed by atoms with E-state index in [1.165, 1.54) is 0 Å². The molecule has 27 heavy (non-hydrogen) atoms. The Kier molecular flexibility index (Phi) is 5.74. The molecule has 0 aromatic heterocycles. The van der Waals surface area contributed by atoms with E-state index in [9.17, 15) is 9.59 Å². The highest BCUT2D eigenvalue weighted by Crippen LogP contribution is 2.24. The molecule has 1 aromatic carbocycles. The van der Waals surface area contributed by atoms with E-state index < -0.39 is 0 Å². The fourth-order valence-corrected chi connectivity index (χ4v) is 4.36. The minimum Gasteiger partial charge on any atom is -0.379 e. The summed E-state index contributed by atoms with van der Waals surface area (Å²) in [5, 5.41) is 0. The predicted octanol–water partition coefficient (Wildman–Crippen LogP) is 2.00. The van der Waals surface area contributed by atoms with E-state index in [1.807, 2.05) is 34.1 Å². The van der Waals surface area contributed by atoms with Crippen LogP contribution in [-0.2, 0) is 9.53 Å². The summed E-state index contributed by atoms with van der Waals surface area (Å²) < 4.78 is 5.42. The standard InChI is InChI=1S/C21H29N3O3/c25-20-2-1-9-24(20)19-5-3-18(4-6-19)21(26)23-10-7-17(8-11-23)16-22-12-14-27-15-13-22/h3-6,17H,1-2,7-16H2. The zero-order valence-corrected chi connectivity index (χ0v) is 15.9. The molecule has 0 radical (unpaired) electrons. The van der Waals surface area contributed by atoms with Crippen LogP contribution >= 0.6 is 0 Å². The number of carbonyl (C=O) groups excluding carboxylic acids is 2. The molecule has 0 atom stereocenters. The number of anilines is 1. The van der Waals surface area contributed by atoms with Gasteiger partial charge in [-0.15, -0.1) is 0 Å². The Morgan fingerprint density at radius 1 is 1.00 bits per heavy atom. The first-order chi connectivity index (χ1) is 13.2. The lowest BCUT2D eigenvalue weighted by Gasteiger charge is -2.36. The number of likely N-dealkylation sites (tertiary alicyclic amines) is 1. The highest BCUT2D eigenvalue weighted by atomic mass is 16.5. The summed E-state index contributed by atoms with van der Waals surface area (Å²) in [4.78, 5) is 30.9. The van der Waals surface area contributed by atoms with E-state index in [-0.39, 0.29) is 11.8 Å². The number of amides is 2. The van der Waals surface area contributed by atoms with Gasteiger partial charge in [0.1, 0.15) is 0 Å². The monoisotopic (exact) mass is 371 g/mol. The second-order valence-electron chi connectivity index (χ2n) is 7.84. The maximum atomic E-state index is 12.8. The van der Waals surface area contributed by atoms with Crippen molar-refractivity contribution < 1.29 is 14.3 Å². The van der Waals surface area contributed by atoms with Gasteiger partial charge in [0.25, 0.3) is 5.91 Å². The molecule has 4 rings (SSSR count). The van der Waals surface area contributed by atoms with Gasteiger partial charge in [-0.1, -0.05) is 0 Å². The largest absolute Gasteiger partial charge is 0.379 e. The highest BCUT2D eigenvalue weighted by molar-refractivity contribution is 5.97. The molecule has 3 aliphatic heterocycles. The van der Waals surface area contributed by atoms with Crippen molar-refractivity contribution in [1.29, 1.82) is 0 Å². The van der Waals surface area contributed by atoms with Gasteiger partial charge in [-0.05, 0) is 49.4 Å². The zero-order valence-electron chi connectivity index (χ0n) is 15.9. The van der Waals surface area contributed by atoms with Crippen molar-refractivity contribution in [3.63, 3.8) is 0 Å². The number of morpholine rings is 1. The van der Waals surface area contributed by atoms with Crippen molar-refractivity contribution in [2.75, 3.05) is 57.4 Å². The van der Waals surface area contributed by atoms with Gasteiger partial charge in [0.15, 0.2) is 0 Å². The van der Waals surface area contributed by atoms with E-state index in [1.54, 1.807) is 0 Å². The summed E-state index contributed by atoms with van der Waals surface area (Å²) in [5.74, 6) is 0.964. The fourth-order valence-electron chi connectivity index (χ4n) is 4.36. The maximum absolute atomic E-state index is 12.8. The van der Waals surface area contributed by atoms with Gasteiger partial charge in [-0.25, -0.2) is 0 Å². The number of ether oxygens (including phenoxy) is 1. The van der Waals surface area contributed by atoms with Crippen molar-refractivity contribution >= 4 is 17.5 Å². The predicted molar refractivity (Wildman–Crippen MR) is 104 cm³/mol. The normalized spacial score (nSPS) is 22.4. The first-order valence-electron chi connectivity index (χ1n) is 10.2. The lowest BCUT2D eigenvalue weighted by molar-refractivity contribution is -0.117. The maximum Gasteiger partial charge on any atom is 0.253 e. The molecule has 6 nitrogen and oxygen atoms in total. The van der Waals surface area contributed by atoms with Crippen LogP contribution in [0.25, 0.3) is 0 Å². The van der Waals surface area contributed by atoms with Gasteiger partial charge < -0.3 is 14.5 Å². The first kappa shape index (κ1) is 18.4. The van der Waals surface area contributed by atoms with Gasteiger partial charge >= 0.3 is 0 Å². The van der Waals surface area contributed by atoms with Crippen LogP contribution in [0.1, 0.15) is 36.0 Å². The van der Waals surface area contributed by atoms with Crippen LogP contribution in [0.15, 0.2) is 24.3 Å². The second-order valence-corrected chi connectivity index (χ2v) is 7.84. The molecule has 0 bridgehead atoms. The van der Waals surface area contributed by atoms with E-state index in [0.29, 0.717) is 12.3 Å². The van der Waals surface area contributed by atoms with Gasteiger partial charge in [-0.2, -0.15) is 0 Å². The Morgan fingerprint density at radius 2 is 1.70 bits per heavy atom. The summed E-state index contributed by atoms with van der Waals surface area (Å²) in [7, 11) is 0. The molecule has 3 heterocycles. The molecular weight excluding hydrogens is 342 g/mol. The minimum absolute atomic E-state index is 0.110. The number of carbonyl (C=O) groups is 2. The first-order valence-corrected chi connectivity index (χ1v) is 10.2. The average Bonchev–Trinajstić information content (AvgIpc) is 3.15. The summed E-state index contributed by atoms with van der Waals surface area (Å²) in [6.07, 6.45) is 3.69. The smallest absolute Gasteiger partial charge is 0.253 e. The van der Waals surface area contributed by atoms with Crippen molar-refractivity contribution in [3.05, 3.63) is 29.8 Å². The van der Waals surface area contributed by atoms with Crippen LogP contribution in [0, 0.1) is 5.92 Å². The molecule has 3 fully saturated rings. The third-order valence-corrected chi connectivity index (χ3v) is 6.02. The van der Waals surface area contributed by atoms with Crippen molar-refractivity contribution in [2.24, 2.45) is 5.92 Å². The van der Waals surface area contributed by atoms with E-state index in [4.69, 9.17) is 4.74 Å². The lowest BCUT2D eigenvalue weighted by atomic mass is 9.95. The molecule has 2 amide bonds. The molecule has 0 saturated carbocycles. The Hall–Kier alpha value is -1.92. The average molecular weight is 371 g/mol. The highest BCUT2D eigenvalue weighted by Gasteiger charge is 2.26. The third-order valence-electron chi connectivity index (χ3n) is 6.02. The van der Waals surface area contributed by atoms with Crippen LogP contribution in [0.4, 0.5) is 5.69 Å². The molecule has 0 spiro atoms. The van der Waals surface area contributed by atoms with Crippen molar-refractivity contribution in [1.82, 2.24) is 9.80 Å². The Labute approximate surface area is 161 Å². The topological polar surface area (TPSA) is 53.1 Å². The van der Waals surface area contributed by atoms with Gasteiger partial charge in [0.05, 0.1) is 13.2 Å². The van der Waals surface area contributed by atoms with Crippen molar-refractivity contribution in [2.45, 2.75) is 25.7 Å². The third kappa shape index (κ3) is 4.33. The van der Waals surface area contributed by atoms with Crippen LogP contribution in [0.3, 0.4) is 0 Å². The van der Waals surface area contributed by atoms with Gasteiger partial charge in [-0.3, -0.25) is 14.5 Å². The van der Waals surface area contributed by atoms with E-state index in [2.05, 4.69) is 4.90 Å². The number of rotatable bonds is 4. The van der Waals surface area contributed by atoms with Crippen LogP contribution in [-0.4, -0.2) is 74.1 Å². The molecule has 146 valence electrons. The van der Waals surface area contributed by atoms with Crippen LogP contribution in [0.2, 0.25) is 0 Å². The molecule has 0 aliphatic carbocycles. The molecular formula is C21H29N3O3. The second kappa shape index (κ2) is 8.40. The van der Waals surface area contributed by atoms with E-state index in [0.717, 1.165) is 83.0 Å². The van der Waals surface area contributed by atoms with Crippen LogP contribution < -0.4 is 4.90 Å². The number of hydrogen-bond acceptors (Lipinski definition) is 4. The Morgan fingerprint density at radius 3 is 2.33 bits per heavy atom. The van der Waals surface area contributed by atoms with Gasteiger partial charge in [0, 0.05) is 56.9 Å². The quantitative estimate of drug-likeness (QED) is 0.812. The van der Waals surface area contributed by atoms with Crippen molar-refractivity contribution in [3.8, 4) is 0 Å². The molecule has 6 heteroatoms. The Balaban J connectivity index is 1.29. The molecule has 1 aromatic rings. The fraction of sp³-hybridized carbons (Fsp3) is 0.619. The summed E-state index contributed by atoms with van der Waals surface area (Å²) in [5.41, 5.74) is 1.62. The Bertz CT molecular complexity index is 662. The number of piperidine rings is 1. The number of benzene rings is 1. The van der Waals surface area contributed by atoms with Crippen LogP contribution in [0.5, 0.6) is 0 Å². The molecule has 3 saturated heterocycles. The molecule has 3 aliphatic rings. The molecule has 0 unspecified atom stereocenters. The summed E-state index contributed by atoms with van der Waals surface area (Å²) in [6.45, 7) is 7.33. The number of hydrogen-bond donors (Lipinski definition) is 0. The lowest BCUT2D eigenvalue weighted by Crippen LogP contribution is -2.44. The zero-order chi connectivity index (χ0) is 18.6. The van der Waals surface area contributed by atoms with Gasteiger partial charge in [0.2, 0.25) is 5.91 Å². The number of nitrogens with zero attached hydrogens (tertiary/aromatic N) is 3. The van der Waals surface area contributed by atoms with E-state index >= 15 is 0 Å². The minimum atomic E-state index is 0.110. The molecule has 0 N–H and O–H groups in total. The SMILES string of the molecule is O=C(c1ccc(N2CCCC2=O)cc1)N1CCC(CN2CCOCC2)CC1.